The van der Waals surface area contributed by atoms with Crippen molar-refractivity contribution in [3.8, 4) is 0 Å². The van der Waals surface area contributed by atoms with Crippen LogP contribution in [-0.2, 0) is 11.2 Å². The molecule has 1 unspecified atom stereocenters. The lowest BCUT2D eigenvalue weighted by Crippen LogP contribution is -2.20. The number of hydrogen-bond acceptors (Lipinski definition) is 4. The predicted octanol–water partition coefficient (Wildman–Crippen LogP) is 2.57. The average Bonchev–Trinajstić information content (AvgIpc) is 2.37. The quantitative estimate of drug-likeness (QED) is 0.756. The molecule has 0 saturated carbocycles. The van der Waals surface area contributed by atoms with Gasteiger partial charge in [-0.05, 0) is 32.4 Å². The monoisotopic (exact) mass is 266 g/mol. The Kier molecular flexibility index (Phi) is 6.29. The van der Waals surface area contributed by atoms with Crippen molar-refractivity contribution < 1.29 is 14.6 Å². The molecule has 1 aromatic rings. The smallest absolute Gasteiger partial charge is 0.335 e. The molecular weight excluding hydrogens is 244 g/mol. The van der Waals surface area contributed by atoms with Crippen molar-refractivity contribution in [2.75, 3.05) is 18.5 Å². The Hall–Kier alpha value is -1.62. The van der Waals surface area contributed by atoms with Crippen molar-refractivity contribution in [1.82, 2.24) is 4.98 Å². The molecule has 2 N–H and O–H groups in total. The largest absolute Gasteiger partial charge is 0.478 e. The second kappa shape index (κ2) is 7.74. The van der Waals surface area contributed by atoms with Crippen LogP contribution in [0.5, 0.6) is 0 Å². The molecule has 0 aliphatic heterocycles. The van der Waals surface area contributed by atoms with E-state index in [2.05, 4.69) is 10.3 Å². The van der Waals surface area contributed by atoms with Crippen molar-refractivity contribution >= 4 is 11.8 Å². The van der Waals surface area contributed by atoms with Gasteiger partial charge in [-0.25, -0.2) is 9.78 Å². The van der Waals surface area contributed by atoms with Gasteiger partial charge in [0.1, 0.15) is 5.82 Å². The first-order chi connectivity index (χ1) is 9.06. The highest BCUT2D eigenvalue weighted by Gasteiger charge is 2.09. The van der Waals surface area contributed by atoms with Crippen LogP contribution in [-0.4, -0.2) is 35.3 Å². The lowest BCUT2D eigenvalue weighted by Gasteiger charge is -2.14. The van der Waals surface area contributed by atoms with Crippen molar-refractivity contribution in [3.63, 3.8) is 0 Å². The number of pyridine rings is 1. The highest BCUT2D eigenvalue weighted by molar-refractivity contribution is 5.88. The van der Waals surface area contributed by atoms with Crippen LogP contribution < -0.4 is 5.32 Å². The molecule has 106 valence electrons. The molecule has 1 rings (SSSR count). The van der Waals surface area contributed by atoms with E-state index in [0.717, 1.165) is 18.5 Å². The molecule has 0 aromatic carbocycles. The van der Waals surface area contributed by atoms with Gasteiger partial charge in [0, 0.05) is 18.8 Å². The molecule has 0 aliphatic carbocycles. The summed E-state index contributed by atoms with van der Waals surface area (Å²) in [6.07, 6.45) is 1.77. The molecule has 0 amide bonds. The Labute approximate surface area is 114 Å². The second-order valence-electron chi connectivity index (χ2n) is 4.43. The first kappa shape index (κ1) is 15.4. The minimum Gasteiger partial charge on any atom is -0.478 e. The van der Waals surface area contributed by atoms with Crippen LogP contribution in [0.15, 0.2) is 12.1 Å². The van der Waals surface area contributed by atoms with E-state index in [1.807, 2.05) is 20.8 Å². The van der Waals surface area contributed by atoms with Crippen LogP contribution in [0.1, 0.15) is 43.2 Å². The van der Waals surface area contributed by atoms with Crippen molar-refractivity contribution in [2.45, 2.75) is 39.7 Å². The van der Waals surface area contributed by atoms with E-state index in [0.29, 0.717) is 19.0 Å². The van der Waals surface area contributed by atoms with E-state index in [1.165, 1.54) is 0 Å². The first-order valence-corrected chi connectivity index (χ1v) is 6.66. The molecule has 1 aromatic heterocycles. The summed E-state index contributed by atoms with van der Waals surface area (Å²) in [6.45, 7) is 7.21. The molecule has 0 fully saturated rings. The van der Waals surface area contributed by atoms with Gasteiger partial charge in [-0.3, -0.25) is 0 Å². The molecule has 1 atom stereocenters. The van der Waals surface area contributed by atoms with Gasteiger partial charge in [0.25, 0.3) is 0 Å². The number of aromatic nitrogens is 1. The number of carboxylic acids is 1. The Balaban J connectivity index is 2.78. The van der Waals surface area contributed by atoms with Crippen LogP contribution >= 0.6 is 0 Å². The Morgan fingerprint density at radius 3 is 2.79 bits per heavy atom. The fraction of sp³-hybridized carbons (Fsp3) is 0.571. The third kappa shape index (κ3) is 5.26. The highest BCUT2D eigenvalue weighted by Crippen LogP contribution is 2.12. The van der Waals surface area contributed by atoms with Gasteiger partial charge in [-0.1, -0.05) is 13.3 Å². The number of carboxylic acid groups (broad SMARTS) is 1. The number of carbonyl (C=O) groups is 1. The summed E-state index contributed by atoms with van der Waals surface area (Å²) in [6, 6.07) is 3.18. The van der Waals surface area contributed by atoms with Crippen molar-refractivity contribution in [1.29, 1.82) is 0 Å². The molecule has 0 saturated heterocycles. The molecule has 5 nitrogen and oxygen atoms in total. The summed E-state index contributed by atoms with van der Waals surface area (Å²) >= 11 is 0. The van der Waals surface area contributed by atoms with E-state index in [1.54, 1.807) is 12.1 Å². The van der Waals surface area contributed by atoms with E-state index < -0.39 is 5.97 Å². The Morgan fingerprint density at radius 1 is 1.47 bits per heavy atom. The number of rotatable bonds is 8. The maximum absolute atomic E-state index is 11.1. The number of aromatic carboxylic acids is 1. The van der Waals surface area contributed by atoms with Crippen LogP contribution in [0.25, 0.3) is 0 Å². The lowest BCUT2D eigenvalue weighted by molar-refractivity contribution is 0.0696. The zero-order valence-corrected chi connectivity index (χ0v) is 11.8. The Morgan fingerprint density at radius 2 is 2.21 bits per heavy atom. The van der Waals surface area contributed by atoms with E-state index in [-0.39, 0.29) is 11.7 Å². The van der Waals surface area contributed by atoms with Crippen LogP contribution in [0.4, 0.5) is 5.82 Å². The van der Waals surface area contributed by atoms with Crippen LogP contribution in [0.3, 0.4) is 0 Å². The summed E-state index contributed by atoms with van der Waals surface area (Å²) in [7, 11) is 0. The summed E-state index contributed by atoms with van der Waals surface area (Å²) in [5, 5.41) is 12.2. The minimum absolute atomic E-state index is 0.0647. The van der Waals surface area contributed by atoms with Gasteiger partial charge >= 0.3 is 5.97 Å². The summed E-state index contributed by atoms with van der Waals surface area (Å²) in [5.74, 6) is -0.337. The maximum atomic E-state index is 11.1. The molecule has 0 bridgehead atoms. The number of aryl methyl sites for hydroxylation is 1. The van der Waals surface area contributed by atoms with Crippen molar-refractivity contribution in [3.05, 3.63) is 23.4 Å². The minimum atomic E-state index is -0.930. The Bertz CT molecular complexity index is 421. The summed E-state index contributed by atoms with van der Waals surface area (Å²) in [5.41, 5.74) is 1.07. The van der Waals surface area contributed by atoms with Crippen LogP contribution in [0.2, 0.25) is 0 Å². The van der Waals surface area contributed by atoms with Gasteiger partial charge in [0.2, 0.25) is 0 Å². The van der Waals surface area contributed by atoms with Gasteiger partial charge < -0.3 is 15.2 Å². The summed E-state index contributed by atoms with van der Waals surface area (Å²) in [4.78, 5) is 15.5. The standard InChI is InChI=1S/C14H22N2O3/c1-4-6-12-7-11(14(17)18)8-13(16-12)15-9-10(3)19-5-2/h7-8,10H,4-6,9H2,1-3H3,(H,15,16)(H,17,18). The lowest BCUT2D eigenvalue weighted by atomic mass is 10.1. The third-order valence-corrected chi connectivity index (χ3v) is 2.65. The predicted molar refractivity (Wildman–Crippen MR) is 74.8 cm³/mol. The SMILES string of the molecule is CCCc1cc(C(=O)O)cc(NCC(C)OCC)n1. The highest BCUT2D eigenvalue weighted by atomic mass is 16.5. The molecule has 0 radical (unpaired) electrons. The zero-order chi connectivity index (χ0) is 14.3. The fourth-order valence-electron chi connectivity index (χ4n) is 1.78. The summed E-state index contributed by atoms with van der Waals surface area (Å²) < 4.78 is 5.41. The molecule has 1 heterocycles. The zero-order valence-electron chi connectivity index (χ0n) is 11.8. The van der Waals surface area contributed by atoms with Gasteiger partial charge in [0.05, 0.1) is 11.7 Å². The number of hydrogen-bond donors (Lipinski definition) is 2. The van der Waals surface area contributed by atoms with Crippen LogP contribution in [0, 0.1) is 0 Å². The van der Waals surface area contributed by atoms with Crippen molar-refractivity contribution in [2.24, 2.45) is 0 Å². The number of ether oxygens (including phenoxy) is 1. The molecule has 0 aliphatic rings. The fourth-order valence-corrected chi connectivity index (χ4v) is 1.78. The average molecular weight is 266 g/mol. The third-order valence-electron chi connectivity index (χ3n) is 2.65. The van der Waals surface area contributed by atoms with E-state index in [4.69, 9.17) is 9.84 Å². The normalized spacial score (nSPS) is 12.2. The topological polar surface area (TPSA) is 71.5 Å². The van der Waals surface area contributed by atoms with Gasteiger partial charge in [-0.15, -0.1) is 0 Å². The molecule has 19 heavy (non-hydrogen) atoms. The maximum Gasteiger partial charge on any atom is 0.335 e. The van der Waals surface area contributed by atoms with Gasteiger partial charge in [-0.2, -0.15) is 0 Å². The number of nitrogens with zero attached hydrogens (tertiary/aromatic N) is 1. The van der Waals surface area contributed by atoms with E-state index >= 15 is 0 Å². The number of anilines is 1. The second-order valence-corrected chi connectivity index (χ2v) is 4.43. The van der Waals surface area contributed by atoms with E-state index in [9.17, 15) is 4.79 Å². The molecule has 0 spiro atoms. The van der Waals surface area contributed by atoms with Gasteiger partial charge in [0.15, 0.2) is 0 Å². The first-order valence-electron chi connectivity index (χ1n) is 6.66. The molecular formula is C14H22N2O3. The molecule has 5 heteroatoms. The number of nitrogens with one attached hydrogen (secondary N) is 1.